The molecule has 0 saturated heterocycles. The van der Waals surface area contributed by atoms with Crippen molar-refractivity contribution in [3.05, 3.63) is 42.5 Å². The lowest BCUT2D eigenvalue weighted by Gasteiger charge is -2.04. The number of carbonyl (C=O) groups excluding carboxylic acids is 1. The minimum absolute atomic E-state index is 0.173. The number of hydrogen-bond donors (Lipinski definition) is 1. The van der Waals surface area contributed by atoms with Gasteiger partial charge in [-0.3, -0.25) is 4.79 Å². The molecule has 0 fully saturated rings. The van der Waals surface area contributed by atoms with Crippen molar-refractivity contribution in [2.45, 2.75) is 6.54 Å². The molecular weight excluding hydrogens is 178 g/mol. The van der Waals surface area contributed by atoms with Gasteiger partial charge in [0, 0.05) is 6.54 Å². The number of amides is 1. The van der Waals surface area contributed by atoms with Crippen LogP contribution >= 0.6 is 0 Å². The number of ether oxygens (including phenoxy) is 1. The van der Waals surface area contributed by atoms with Crippen molar-refractivity contribution in [2.75, 3.05) is 7.11 Å². The van der Waals surface area contributed by atoms with E-state index in [2.05, 4.69) is 11.9 Å². The van der Waals surface area contributed by atoms with Crippen LogP contribution in [0.5, 0.6) is 5.75 Å². The highest BCUT2D eigenvalue weighted by Gasteiger charge is 1.97. The molecule has 0 bridgehead atoms. The number of hydrogen-bond acceptors (Lipinski definition) is 2. The third kappa shape index (κ3) is 2.94. The van der Waals surface area contributed by atoms with E-state index in [1.165, 1.54) is 6.08 Å². The maximum Gasteiger partial charge on any atom is 0.243 e. The predicted octanol–water partition coefficient (Wildman–Crippen LogP) is 1.50. The average molecular weight is 191 g/mol. The van der Waals surface area contributed by atoms with E-state index in [1.54, 1.807) is 7.11 Å². The van der Waals surface area contributed by atoms with Crippen LogP contribution in [0.4, 0.5) is 0 Å². The second-order valence-corrected chi connectivity index (χ2v) is 2.77. The van der Waals surface area contributed by atoms with Crippen molar-refractivity contribution < 1.29 is 9.53 Å². The van der Waals surface area contributed by atoms with E-state index in [4.69, 9.17) is 4.74 Å². The van der Waals surface area contributed by atoms with Crippen LogP contribution in [0.2, 0.25) is 0 Å². The average Bonchev–Trinajstić information content (AvgIpc) is 2.26. The highest BCUT2D eigenvalue weighted by molar-refractivity contribution is 5.86. The second kappa shape index (κ2) is 5.07. The van der Waals surface area contributed by atoms with Gasteiger partial charge in [-0.2, -0.15) is 0 Å². The van der Waals surface area contributed by atoms with Crippen LogP contribution in [0.1, 0.15) is 5.56 Å². The van der Waals surface area contributed by atoms with Gasteiger partial charge in [0.05, 0.1) is 7.11 Å². The Bertz CT molecular complexity index is 334. The third-order valence-electron chi connectivity index (χ3n) is 1.79. The van der Waals surface area contributed by atoms with Gasteiger partial charge in [0.15, 0.2) is 0 Å². The highest BCUT2D eigenvalue weighted by Crippen LogP contribution is 2.11. The number of rotatable bonds is 4. The van der Waals surface area contributed by atoms with Crippen molar-refractivity contribution in [2.24, 2.45) is 0 Å². The minimum Gasteiger partial charge on any atom is -0.497 e. The molecule has 1 N–H and O–H groups in total. The molecule has 0 radical (unpaired) electrons. The molecular formula is C11H13NO2. The molecule has 0 aromatic heterocycles. The monoisotopic (exact) mass is 191 g/mol. The summed E-state index contributed by atoms with van der Waals surface area (Å²) in [6, 6.07) is 7.54. The third-order valence-corrected chi connectivity index (χ3v) is 1.79. The van der Waals surface area contributed by atoms with Crippen molar-refractivity contribution in [1.82, 2.24) is 5.32 Å². The van der Waals surface area contributed by atoms with E-state index < -0.39 is 0 Å². The number of carbonyl (C=O) groups is 1. The molecule has 0 unspecified atom stereocenters. The lowest BCUT2D eigenvalue weighted by Crippen LogP contribution is -2.19. The minimum atomic E-state index is -0.173. The van der Waals surface area contributed by atoms with Crippen LogP contribution in [-0.4, -0.2) is 13.0 Å². The summed E-state index contributed by atoms with van der Waals surface area (Å²) in [7, 11) is 1.61. The van der Waals surface area contributed by atoms with Gasteiger partial charge in [-0.25, -0.2) is 0 Å². The fourth-order valence-electron chi connectivity index (χ4n) is 1.04. The molecule has 1 rings (SSSR count). The van der Waals surface area contributed by atoms with Crippen LogP contribution in [0, 0.1) is 0 Å². The molecule has 3 heteroatoms. The van der Waals surface area contributed by atoms with Gasteiger partial charge in [-0.15, -0.1) is 0 Å². The Labute approximate surface area is 83.4 Å². The van der Waals surface area contributed by atoms with Gasteiger partial charge in [-0.1, -0.05) is 18.7 Å². The molecule has 0 aliphatic carbocycles. The molecule has 1 amide bonds. The molecule has 1 aromatic rings. The topological polar surface area (TPSA) is 38.3 Å². The normalized spacial score (nSPS) is 9.21. The number of benzene rings is 1. The molecule has 1 aromatic carbocycles. The molecule has 0 aliphatic heterocycles. The molecule has 0 saturated carbocycles. The quantitative estimate of drug-likeness (QED) is 0.732. The fraction of sp³-hybridized carbons (Fsp3) is 0.182. The lowest BCUT2D eigenvalue weighted by molar-refractivity contribution is -0.116. The molecule has 0 heterocycles. The molecule has 14 heavy (non-hydrogen) atoms. The Morgan fingerprint density at radius 2 is 2.43 bits per heavy atom. The summed E-state index contributed by atoms with van der Waals surface area (Å²) in [5.41, 5.74) is 1.000. The molecule has 0 atom stereocenters. The maximum atomic E-state index is 10.9. The fourth-order valence-corrected chi connectivity index (χ4v) is 1.04. The number of methoxy groups -OCH3 is 1. The molecule has 0 spiro atoms. The Morgan fingerprint density at radius 3 is 3.07 bits per heavy atom. The first-order valence-corrected chi connectivity index (χ1v) is 4.29. The van der Waals surface area contributed by atoms with E-state index in [-0.39, 0.29) is 5.91 Å². The maximum absolute atomic E-state index is 10.9. The first-order valence-electron chi connectivity index (χ1n) is 4.29. The van der Waals surface area contributed by atoms with Gasteiger partial charge in [-0.05, 0) is 23.8 Å². The highest BCUT2D eigenvalue weighted by atomic mass is 16.5. The summed E-state index contributed by atoms with van der Waals surface area (Å²) >= 11 is 0. The van der Waals surface area contributed by atoms with Crippen LogP contribution in [0.15, 0.2) is 36.9 Å². The van der Waals surface area contributed by atoms with E-state index in [9.17, 15) is 4.79 Å². The summed E-state index contributed by atoms with van der Waals surface area (Å²) in [5.74, 6) is 0.614. The number of nitrogens with one attached hydrogen (secondary N) is 1. The van der Waals surface area contributed by atoms with E-state index in [0.717, 1.165) is 11.3 Å². The van der Waals surface area contributed by atoms with E-state index in [0.29, 0.717) is 6.54 Å². The Morgan fingerprint density at radius 1 is 1.64 bits per heavy atom. The summed E-state index contributed by atoms with van der Waals surface area (Å²) in [6.45, 7) is 3.86. The Balaban J connectivity index is 2.58. The van der Waals surface area contributed by atoms with Crippen molar-refractivity contribution in [3.8, 4) is 5.75 Å². The van der Waals surface area contributed by atoms with Gasteiger partial charge < -0.3 is 10.1 Å². The summed E-state index contributed by atoms with van der Waals surface area (Å²) < 4.78 is 5.06. The van der Waals surface area contributed by atoms with E-state index in [1.807, 2.05) is 24.3 Å². The molecule has 0 aliphatic rings. The van der Waals surface area contributed by atoms with Gasteiger partial charge in [0.2, 0.25) is 5.91 Å². The largest absolute Gasteiger partial charge is 0.497 e. The van der Waals surface area contributed by atoms with Crippen LogP contribution in [0.25, 0.3) is 0 Å². The summed E-state index contributed by atoms with van der Waals surface area (Å²) in [4.78, 5) is 10.9. The van der Waals surface area contributed by atoms with Crippen molar-refractivity contribution in [1.29, 1.82) is 0 Å². The van der Waals surface area contributed by atoms with E-state index >= 15 is 0 Å². The van der Waals surface area contributed by atoms with Gasteiger partial charge in [0.1, 0.15) is 5.75 Å². The smallest absolute Gasteiger partial charge is 0.243 e. The zero-order chi connectivity index (χ0) is 10.4. The van der Waals surface area contributed by atoms with Crippen molar-refractivity contribution >= 4 is 5.91 Å². The molecule has 74 valence electrons. The standard InChI is InChI=1S/C11H13NO2/c1-3-11(13)12-8-9-5-4-6-10(7-9)14-2/h3-7H,1,8H2,2H3,(H,12,13). The summed E-state index contributed by atoms with van der Waals surface area (Å²) in [5, 5.41) is 2.69. The van der Waals surface area contributed by atoms with Crippen molar-refractivity contribution in [3.63, 3.8) is 0 Å². The Hall–Kier alpha value is -1.77. The van der Waals surface area contributed by atoms with Crippen LogP contribution in [-0.2, 0) is 11.3 Å². The lowest BCUT2D eigenvalue weighted by atomic mass is 10.2. The van der Waals surface area contributed by atoms with Crippen LogP contribution in [0.3, 0.4) is 0 Å². The second-order valence-electron chi connectivity index (χ2n) is 2.77. The SMILES string of the molecule is C=CC(=O)NCc1cccc(OC)c1. The predicted molar refractivity (Wildman–Crippen MR) is 55.0 cm³/mol. The zero-order valence-electron chi connectivity index (χ0n) is 8.12. The molecule has 3 nitrogen and oxygen atoms in total. The zero-order valence-corrected chi connectivity index (χ0v) is 8.12. The first-order chi connectivity index (χ1) is 6.76. The van der Waals surface area contributed by atoms with Gasteiger partial charge >= 0.3 is 0 Å². The first kappa shape index (κ1) is 10.3. The summed E-state index contributed by atoms with van der Waals surface area (Å²) in [6.07, 6.45) is 1.25. The Kier molecular flexibility index (Phi) is 3.73. The van der Waals surface area contributed by atoms with Gasteiger partial charge in [0.25, 0.3) is 0 Å². The van der Waals surface area contributed by atoms with Crippen LogP contribution < -0.4 is 10.1 Å².